The van der Waals surface area contributed by atoms with Gasteiger partial charge in [0.1, 0.15) is 6.10 Å². The Bertz CT molecular complexity index is 513. The van der Waals surface area contributed by atoms with E-state index >= 15 is 0 Å². The molecule has 0 aliphatic carbocycles. The minimum Gasteiger partial charge on any atom is -0.370 e. The van der Waals surface area contributed by atoms with Crippen LogP contribution in [0.1, 0.15) is 11.7 Å². The van der Waals surface area contributed by atoms with Gasteiger partial charge in [-0.15, -0.1) is 12.4 Å². The molecule has 1 aliphatic rings. The van der Waals surface area contributed by atoms with Gasteiger partial charge in [0.2, 0.25) is 11.8 Å². The maximum atomic E-state index is 12.1. The molecular formula is C14H19BrClN3O3. The summed E-state index contributed by atoms with van der Waals surface area (Å²) in [6.45, 7) is 1.36. The molecule has 1 aliphatic heterocycles. The molecule has 8 heteroatoms. The highest BCUT2D eigenvalue weighted by Gasteiger charge is 2.25. The quantitative estimate of drug-likeness (QED) is 0.795. The number of hydrogen-bond acceptors (Lipinski definition) is 4. The van der Waals surface area contributed by atoms with E-state index in [2.05, 4.69) is 21.2 Å². The first-order chi connectivity index (χ1) is 10.1. The smallest absolute Gasteiger partial charge is 0.242 e. The summed E-state index contributed by atoms with van der Waals surface area (Å²) >= 11 is 3.39. The molecule has 0 spiro atoms. The molecule has 0 radical (unpaired) electrons. The van der Waals surface area contributed by atoms with E-state index in [4.69, 9.17) is 10.5 Å². The number of morpholine rings is 1. The lowest BCUT2D eigenvalue weighted by Crippen LogP contribution is -2.47. The molecule has 1 atom stereocenters. The van der Waals surface area contributed by atoms with Crippen LogP contribution in [0.4, 0.5) is 0 Å². The third-order valence-electron chi connectivity index (χ3n) is 3.28. The van der Waals surface area contributed by atoms with Crippen molar-refractivity contribution < 1.29 is 14.3 Å². The monoisotopic (exact) mass is 391 g/mol. The molecule has 22 heavy (non-hydrogen) atoms. The summed E-state index contributed by atoms with van der Waals surface area (Å²) in [5.41, 5.74) is 6.22. The zero-order valence-corrected chi connectivity index (χ0v) is 14.4. The standard InChI is InChI=1S/C14H18BrN3O3.ClH/c15-11-3-1-10(2-4-11)12-9-18(5-6-21-12)14(20)8-17-13(19)7-16;/h1-4,12H,5-9,16H2,(H,17,19);1H. The average Bonchev–Trinajstić information content (AvgIpc) is 2.53. The Morgan fingerprint density at radius 2 is 2.05 bits per heavy atom. The minimum atomic E-state index is -0.332. The summed E-state index contributed by atoms with van der Waals surface area (Å²) in [6.07, 6.45) is -0.138. The van der Waals surface area contributed by atoms with Crippen LogP contribution in [0.25, 0.3) is 0 Å². The normalized spacial score (nSPS) is 17.5. The van der Waals surface area contributed by atoms with Crippen molar-refractivity contribution in [1.29, 1.82) is 0 Å². The van der Waals surface area contributed by atoms with Gasteiger partial charge < -0.3 is 20.7 Å². The minimum absolute atomic E-state index is 0. The Hall–Kier alpha value is -1.15. The number of amides is 2. The number of carbonyl (C=O) groups is 2. The van der Waals surface area contributed by atoms with E-state index in [1.807, 2.05) is 24.3 Å². The molecule has 1 unspecified atom stereocenters. The summed E-state index contributed by atoms with van der Waals surface area (Å²) < 4.78 is 6.71. The molecule has 3 N–H and O–H groups in total. The van der Waals surface area contributed by atoms with Gasteiger partial charge in [0.15, 0.2) is 0 Å². The Balaban J connectivity index is 0.00000242. The lowest BCUT2D eigenvalue weighted by atomic mass is 10.1. The molecule has 2 rings (SSSR count). The first-order valence-corrected chi connectivity index (χ1v) is 7.51. The number of nitrogens with zero attached hydrogens (tertiary/aromatic N) is 1. The zero-order chi connectivity index (χ0) is 15.2. The second-order valence-corrected chi connectivity index (χ2v) is 5.65. The fourth-order valence-electron chi connectivity index (χ4n) is 2.11. The lowest BCUT2D eigenvalue weighted by Gasteiger charge is -2.33. The summed E-state index contributed by atoms with van der Waals surface area (Å²) in [7, 11) is 0. The number of ether oxygens (including phenoxy) is 1. The number of benzene rings is 1. The van der Waals surface area contributed by atoms with Crippen LogP contribution in [-0.2, 0) is 14.3 Å². The molecule has 1 aromatic carbocycles. The van der Waals surface area contributed by atoms with E-state index in [1.54, 1.807) is 4.90 Å². The van der Waals surface area contributed by atoms with Gasteiger partial charge in [-0.3, -0.25) is 9.59 Å². The Labute approximate surface area is 143 Å². The number of halogens is 2. The van der Waals surface area contributed by atoms with Gasteiger partial charge in [-0.25, -0.2) is 0 Å². The van der Waals surface area contributed by atoms with Gasteiger partial charge in [-0.2, -0.15) is 0 Å². The maximum Gasteiger partial charge on any atom is 0.242 e. The molecule has 1 heterocycles. The van der Waals surface area contributed by atoms with Gasteiger partial charge in [-0.05, 0) is 17.7 Å². The van der Waals surface area contributed by atoms with E-state index in [-0.39, 0.29) is 43.4 Å². The number of nitrogens with two attached hydrogens (primary N) is 1. The Kier molecular flexibility index (Phi) is 7.81. The summed E-state index contributed by atoms with van der Waals surface area (Å²) in [4.78, 5) is 24.8. The molecule has 0 bridgehead atoms. The van der Waals surface area contributed by atoms with Crippen molar-refractivity contribution in [3.05, 3.63) is 34.3 Å². The highest BCUT2D eigenvalue weighted by Crippen LogP contribution is 2.23. The summed E-state index contributed by atoms with van der Waals surface area (Å²) in [6, 6.07) is 7.83. The van der Waals surface area contributed by atoms with E-state index in [9.17, 15) is 9.59 Å². The second-order valence-electron chi connectivity index (χ2n) is 4.73. The molecular weight excluding hydrogens is 374 g/mol. The Morgan fingerprint density at radius 3 is 2.68 bits per heavy atom. The molecule has 1 aromatic rings. The van der Waals surface area contributed by atoms with Crippen LogP contribution in [0, 0.1) is 0 Å². The van der Waals surface area contributed by atoms with Crippen LogP contribution >= 0.6 is 28.3 Å². The van der Waals surface area contributed by atoms with Crippen molar-refractivity contribution >= 4 is 40.2 Å². The van der Waals surface area contributed by atoms with E-state index in [0.29, 0.717) is 19.7 Å². The molecule has 0 aromatic heterocycles. The van der Waals surface area contributed by atoms with Gasteiger partial charge >= 0.3 is 0 Å². The van der Waals surface area contributed by atoms with Crippen molar-refractivity contribution in [3.63, 3.8) is 0 Å². The van der Waals surface area contributed by atoms with Crippen molar-refractivity contribution in [2.45, 2.75) is 6.10 Å². The molecule has 6 nitrogen and oxygen atoms in total. The fraction of sp³-hybridized carbons (Fsp3) is 0.429. The van der Waals surface area contributed by atoms with Crippen molar-refractivity contribution in [1.82, 2.24) is 10.2 Å². The third-order valence-corrected chi connectivity index (χ3v) is 3.81. The van der Waals surface area contributed by atoms with Crippen LogP contribution < -0.4 is 11.1 Å². The molecule has 0 saturated carbocycles. The largest absolute Gasteiger partial charge is 0.370 e. The van der Waals surface area contributed by atoms with Gasteiger partial charge in [0, 0.05) is 11.0 Å². The van der Waals surface area contributed by atoms with Crippen molar-refractivity contribution in [2.75, 3.05) is 32.8 Å². The van der Waals surface area contributed by atoms with E-state index in [0.717, 1.165) is 10.0 Å². The topological polar surface area (TPSA) is 84.7 Å². The summed E-state index contributed by atoms with van der Waals surface area (Å²) in [5, 5.41) is 2.49. The first-order valence-electron chi connectivity index (χ1n) is 6.71. The molecule has 122 valence electrons. The van der Waals surface area contributed by atoms with Gasteiger partial charge in [0.05, 0.1) is 26.2 Å². The number of nitrogens with one attached hydrogen (secondary N) is 1. The van der Waals surface area contributed by atoms with Crippen molar-refractivity contribution in [2.24, 2.45) is 5.73 Å². The second kappa shape index (κ2) is 9.09. The highest BCUT2D eigenvalue weighted by molar-refractivity contribution is 9.10. The van der Waals surface area contributed by atoms with Crippen LogP contribution in [-0.4, -0.2) is 49.5 Å². The third kappa shape index (κ3) is 5.24. The summed E-state index contributed by atoms with van der Waals surface area (Å²) in [5.74, 6) is -0.455. The van der Waals surface area contributed by atoms with Crippen LogP contribution in [0.2, 0.25) is 0 Å². The lowest BCUT2D eigenvalue weighted by molar-refractivity contribution is -0.139. The fourth-order valence-corrected chi connectivity index (χ4v) is 2.38. The Morgan fingerprint density at radius 1 is 1.36 bits per heavy atom. The maximum absolute atomic E-state index is 12.1. The average molecular weight is 393 g/mol. The predicted octanol–water partition coefficient (Wildman–Crippen LogP) is 0.846. The van der Waals surface area contributed by atoms with Crippen LogP contribution in [0.5, 0.6) is 0 Å². The SMILES string of the molecule is Cl.NCC(=O)NCC(=O)N1CCOC(c2ccc(Br)cc2)C1. The van der Waals surface area contributed by atoms with Gasteiger partial charge in [0.25, 0.3) is 0 Å². The zero-order valence-electron chi connectivity index (χ0n) is 12.0. The number of rotatable bonds is 4. The van der Waals surface area contributed by atoms with Gasteiger partial charge in [-0.1, -0.05) is 28.1 Å². The first kappa shape index (κ1) is 18.9. The van der Waals surface area contributed by atoms with E-state index in [1.165, 1.54) is 0 Å². The molecule has 2 amide bonds. The highest BCUT2D eigenvalue weighted by atomic mass is 79.9. The van der Waals surface area contributed by atoms with Crippen LogP contribution in [0.3, 0.4) is 0 Å². The number of carbonyl (C=O) groups excluding carboxylic acids is 2. The van der Waals surface area contributed by atoms with E-state index < -0.39 is 0 Å². The predicted molar refractivity (Wildman–Crippen MR) is 88.7 cm³/mol. The molecule has 1 saturated heterocycles. The number of hydrogen-bond donors (Lipinski definition) is 2. The van der Waals surface area contributed by atoms with Crippen LogP contribution in [0.15, 0.2) is 28.7 Å². The van der Waals surface area contributed by atoms with Crippen molar-refractivity contribution in [3.8, 4) is 0 Å². The molecule has 1 fully saturated rings.